The van der Waals surface area contributed by atoms with Gasteiger partial charge in [-0.1, -0.05) is 30.3 Å². The maximum atomic E-state index is 11.0. The molecule has 1 fully saturated rings. The lowest BCUT2D eigenvalue weighted by molar-refractivity contribution is -0.146. The third-order valence-corrected chi connectivity index (χ3v) is 5.49. The van der Waals surface area contributed by atoms with Crippen LogP contribution in [0.2, 0.25) is 0 Å². The zero-order chi connectivity index (χ0) is 17.2. The van der Waals surface area contributed by atoms with Crippen LogP contribution in [-0.4, -0.2) is 27.5 Å². The summed E-state index contributed by atoms with van der Waals surface area (Å²) >= 11 is 0. The Balaban J connectivity index is 1.29. The summed E-state index contributed by atoms with van der Waals surface area (Å²) in [7, 11) is 0. The Bertz CT molecular complexity index is 735. The van der Waals surface area contributed by atoms with Crippen LogP contribution in [0.15, 0.2) is 36.5 Å². The number of ether oxygens (including phenoxy) is 1. The summed E-state index contributed by atoms with van der Waals surface area (Å²) in [6.45, 7) is 1.45. The number of carboxylic acid groups (broad SMARTS) is 1. The predicted octanol–water partition coefficient (Wildman–Crippen LogP) is 3.24. The standard InChI is InChI=1S/C20H24N2O3/c23-20(24)16-9-18(10-16)22-11-17-8-15(6-7-19(17)21-22)13-25-12-14-4-2-1-3-5-14/h1-5,11,15-16,18H,6-10,12-13H2,(H,23,24). The number of carbonyl (C=O) groups is 1. The first-order valence-electron chi connectivity index (χ1n) is 9.10. The number of benzene rings is 1. The van der Waals surface area contributed by atoms with E-state index in [1.807, 2.05) is 22.9 Å². The number of nitrogens with zero attached hydrogens (tertiary/aromatic N) is 2. The van der Waals surface area contributed by atoms with Gasteiger partial charge in [0.25, 0.3) is 0 Å². The maximum absolute atomic E-state index is 11.0. The van der Waals surface area contributed by atoms with E-state index in [0.29, 0.717) is 25.4 Å². The average molecular weight is 340 g/mol. The summed E-state index contributed by atoms with van der Waals surface area (Å²) in [6, 6.07) is 10.5. The Morgan fingerprint density at radius 3 is 2.84 bits per heavy atom. The number of hydrogen-bond acceptors (Lipinski definition) is 3. The molecule has 0 saturated heterocycles. The first kappa shape index (κ1) is 16.3. The number of fused-ring (bicyclic) bond motifs is 1. The summed E-state index contributed by atoms with van der Waals surface area (Å²) in [4.78, 5) is 11.0. The minimum atomic E-state index is -0.677. The molecule has 132 valence electrons. The number of aryl methyl sites for hydroxylation is 1. The monoisotopic (exact) mass is 340 g/mol. The molecular formula is C20H24N2O3. The number of aliphatic carboxylic acids is 1. The van der Waals surface area contributed by atoms with Gasteiger partial charge < -0.3 is 9.84 Å². The largest absolute Gasteiger partial charge is 0.481 e. The van der Waals surface area contributed by atoms with Gasteiger partial charge >= 0.3 is 5.97 Å². The summed E-state index contributed by atoms with van der Waals surface area (Å²) in [6.07, 6.45) is 6.68. The van der Waals surface area contributed by atoms with Crippen LogP contribution in [-0.2, 0) is 29.0 Å². The fourth-order valence-corrected chi connectivity index (χ4v) is 3.85. The van der Waals surface area contributed by atoms with E-state index in [2.05, 4.69) is 18.3 Å². The van der Waals surface area contributed by atoms with Gasteiger partial charge in [-0.2, -0.15) is 5.10 Å². The highest BCUT2D eigenvalue weighted by atomic mass is 16.5. The quantitative estimate of drug-likeness (QED) is 0.877. The van der Waals surface area contributed by atoms with E-state index in [9.17, 15) is 4.79 Å². The van der Waals surface area contributed by atoms with Crippen molar-refractivity contribution in [2.75, 3.05) is 6.61 Å². The molecule has 0 radical (unpaired) electrons. The van der Waals surface area contributed by atoms with Crippen molar-refractivity contribution >= 4 is 5.97 Å². The molecule has 1 aromatic carbocycles. The highest BCUT2D eigenvalue weighted by Crippen LogP contribution is 2.38. The van der Waals surface area contributed by atoms with Crippen LogP contribution in [0.5, 0.6) is 0 Å². The molecule has 1 unspecified atom stereocenters. The molecule has 1 heterocycles. The van der Waals surface area contributed by atoms with Gasteiger partial charge in [-0.25, -0.2) is 0 Å². The SMILES string of the molecule is O=C(O)C1CC(n2cc3c(n2)CCC(COCc2ccccc2)C3)C1. The summed E-state index contributed by atoms with van der Waals surface area (Å²) < 4.78 is 7.92. The number of rotatable bonds is 6. The van der Waals surface area contributed by atoms with Gasteiger partial charge in [0, 0.05) is 6.20 Å². The van der Waals surface area contributed by atoms with Crippen LogP contribution in [0, 0.1) is 11.8 Å². The van der Waals surface area contributed by atoms with Gasteiger partial charge in [0.15, 0.2) is 0 Å². The Morgan fingerprint density at radius 1 is 1.28 bits per heavy atom. The molecule has 1 aromatic heterocycles. The van der Waals surface area contributed by atoms with Gasteiger partial charge in [0.2, 0.25) is 0 Å². The average Bonchev–Trinajstić information content (AvgIpc) is 2.96. The van der Waals surface area contributed by atoms with Crippen molar-refractivity contribution in [2.45, 2.75) is 44.8 Å². The lowest BCUT2D eigenvalue weighted by Gasteiger charge is -2.32. The van der Waals surface area contributed by atoms with Crippen molar-refractivity contribution in [3.05, 3.63) is 53.3 Å². The lowest BCUT2D eigenvalue weighted by Crippen LogP contribution is -2.32. The van der Waals surface area contributed by atoms with Crippen molar-refractivity contribution in [1.82, 2.24) is 9.78 Å². The summed E-state index contributed by atoms with van der Waals surface area (Å²) in [5, 5.41) is 13.7. The van der Waals surface area contributed by atoms with E-state index >= 15 is 0 Å². The molecular weight excluding hydrogens is 316 g/mol. The minimum Gasteiger partial charge on any atom is -0.481 e. The molecule has 1 N–H and O–H groups in total. The smallest absolute Gasteiger partial charge is 0.306 e. The molecule has 0 bridgehead atoms. The Kier molecular flexibility index (Phi) is 4.57. The molecule has 25 heavy (non-hydrogen) atoms. The van der Waals surface area contributed by atoms with E-state index in [0.717, 1.165) is 25.9 Å². The molecule has 2 aromatic rings. The predicted molar refractivity (Wildman–Crippen MR) is 93.2 cm³/mol. The van der Waals surface area contributed by atoms with E-state index < -0.39 is 5.97 Å². The molecule has 1 saturated carbocycles. The molecule has 5 heteroatoms. The Labute approximate surface area is 147 Å². The number of carboxylic acids is 1. The fourth-order valence-electron chi connectivity index (χ4n) is 3.85. The van der Waals surface area contributed by atoms with E-state index in [1.165, 1.54) is 16.8 Å². The van der Waals surface area contributed by atoms with Crippen LogP contribution < -0.4 is 0 Å². The zero-order valence-electron chi connectivity index (χ0n) is 14.3. The molecule has 0 aliphatic heterocycles. The number of hydrogen-bond donors (Lipinski definition) is 1. The van der Waals surface area contributed by atoms with Gasteiger partial charge in [0.05, 0.1) is 30.9 Å². The zero-order valence-corrected chi connectivity index (χ0v) is 14.3. The second kappa shape index (κ2) is 7.00. The second-order valence-corrected chi connectivity index (χ2v) is 7.35. The maximum Gasteiger partial charge on any atom is 0.306 e. The molecule has 2 aliphatic rings. The van der Waals surface area contributed by atoms with Crippen LogP contribution >= 0.6 is 0 Å². The molecule has 5 nitrogen and oxygen atoms in total. The van der Waals surface area contributed by atoms with E-state index in [-0.39, 0.29) is 12.0 Å². The van der Waals surface area contributed by atoms with Gasteiger partial charge in [0.1, 0.15) is 0 Å². The van der Waals surface area contributed by atoms with Crippen molar-refractivity contribution in [3.8, 4) is 0 Å². The first-order chi connectivity index (χ1) is 12.2. The highest BCUT2D eigenvalue weighted by molar-refractivity contribution is 5.71. The van der Waals surface area contributed by atoms with Crippen molar-refractivity contribution in [2.24, 2.45) is 11.8 Å². The van der Waals surface area contributed by atoms with Crippen molar-refractivity contribution in [3.63, 3.8) is 0 Å². The normalized spacial score (nSPS) is 25.2. The van der Waals surface area contributed by atoms with Crippen LogP contribution in [0.1, 0.15) is 42.1 Å². The molecule has 0 amide bonds. The second-order valence-electron chi connectivity index (χ2n) is 7.35. The topological polar surface area (TPSA) is 64.3 Å². The van der Waals surface area contributed by atoms with Crippen LogP contribution in [0.25, 0.3) is 0 Å². The Hall–Kier alpha value is -2.14. The lowest BCUT2D eigenvalue weighted by atomic mass is 9.80. The third-order valence-electron chi connectivity index (χ3n) is 5.49. The minimum absolute atomic E-state index is 0.189. The number of aromatic nitrogens is 2. The van der Waals surface area contributed by atoms with Gasteiger partial charge in [-0.15, -0.1) is 0 Å². The molecule has 4 rings (SSSR count). The van der Waals surface area contributed by atoms with Crippen LogP contribution in [0.3, 0.4) is 0 Å². The molecule has 0 spiro atoms. The molecule has 2 aliphatic carbocycles. The highest BCUT2D eigenvalue weighted by Gasteiger charge is 2.36. The van der Waals surface area contributed by atoms with Crippen molar-refractivity contribution < 1.29 is 14.6 Å². The first-order valence-corrected chi connectivity index (χ1v) is 9.10. The summed E-state index contributed by atoms with van der Waals surface area (Å²) in [5.41, 5.74) is 3.72. The van der Waals surface area contributed by atoms with Gasteiger partial charge in [-0.05, 0) is 49.1 Å². The van der Waals surface area contributed by atoms with Crippen molar-refractivity contribution in [1.29, 1.82) is 0 Å². The molecule has 1 atom stereocenters. The van der Waals surface area contributed by atoms with Gasteiger partial charge in [-0.3, -0.25) is 9.48 Å². The van der Waals surface area contributed by atoms with Crippen LogP contribution in [0.4, 0.5) is 0 Å². The summed E-state index contributed by atoms with van der Waals surface area (Å²) in [5.74, 6) is -0.323. The van der Waals surface area contributed by atoms with E-state index in [4.69, 9.17) is 14.9 Å². The fraction of sp³-hybridized carbons (Fsp3) is 0.500. The third kappa shape index (κ3) is 3.61. The Morgan fingerprint density at radius 2 is 2.08 bits per heavy atom. The van der Waals surface area contributed by atoms with E-state index in [1.54, 1.807) is 0 Å².